The highest BCUT2D eigenvalue weighted by Gasteiger charge is 2.34. The number of nitrogens with two attached hydrogens (primary N) is 1. The van der Waals surface area contributed by atoms with Gasteiger partial charge in [0, 0.05) is 44.4 Å². The number of rotatable bonds is 6. The predicted octanol–water partition coefficient (Wildman–Crippen LogP) is 3.94. The number of carbonyl (C=O) groups excluding carboxylic acids is 2. The van der Waals surface area contributed by atoms with Crippen molar-refractivity contribution in [3.05, 3.63) is 41.7 Å². The number of hydrogen-bond acceptors (Lipinski definition) is 5. The number of likely N-dealkylation sites (tertiary alicyclic amines) is 1. The first-order valence-corrected chi connectivity index (χ1v) is 11.7. The van der Waals surface area contributed by atoms with Crippen molar-refractivity contribution in [1.29, 1.82) is 0 Å². The van der Waals surface area contributed by atoms with E-state index < -0.39 is 5.91 Å². The predicted molar refractivity (Wildman–Crippen MR) is 125 cm³/mol. The Morgan fingerprint density at radius 1 is 1.06 bits per heavy atom. The third kappa shape index (κ3) is 4.76. The lowest BCUT2D eigenvalue weighted by Gasteiger charge is -2.29. The summed E-state index contributed by atoms with van der Waals surface area (Å²) in [6.45, 7) is 0.775. The molecule has 2 N–H and O–H groups in total. The molecule has 2 amide bonds. The lowest BCUT2D eigenvalue weighted by Crippen LogP contribution is -2.33. The molecule has 1 saturated carbocycles. The monoisotopic (exact) mass is 435 g/mol. The standard InChI is InChI=1S/C25H33N5O2/c1-29(2)25-27-16-20(18-10-12-19(13-11-18)24(26)32)23(28-25)21-9-6-14-30(21)22(31)15-17-7-4-3-5-8-17/h10-13,16-17,21H,3-9,14-15H2,1-2H3,(H2,26,32). The lowest BCUT2D eigenvalue weighted by molar-refractivity contribution is -0.133. The van der Waals surface area contributed by atoms with Crippen LogP contribution < -0.4 is 10.6 Å². The number of benzene rings is 1. The van der Waals surface area contributed by atoms with Crippen molar-refractivity contribution in [3.63, 3.8) is 0 Å². The van der Waals surface area contributed by atoms with Crippen LogP contribution in [0.1, 0.15) is 73.5 Å². The summed E-state index contributed by atoms with van der Waals surface area (Å²) in [6, 6.07) is 7.14. The van der Waals surface area contributed by atoms with Crippen molar-refractivity contribution in [2.45, 2.75) is 57.4 Å². The molecule has 0 spiro atoms. The maximum atomic E-state index is 13.3. The molecular formula is C25H33N5O2. The van der Waals surface area contributed by atoms with Crippen LogP contribution in [0.3, 0.4) is 0 Å². The summed E-state index contributed by atoms with van der Waals surface area (Å²) in [5.74, 6) is 0.941. The molecule has 32 heavy (non-hydrogen) atoms. The minimum absolute atomic E-state index is 0.0568. The molecule has 1 atom stereocenters. The third-order valence-corrected chi connectivity index (χ3v) is 6.76. The van der Waals surface area contributed by atoms with Gasteiger partial charge in [0.05, 0.1) is 11.7 Å². The molecule has 1 aromatic heterocycles. The minimum Gasteiger partial charge on any atom is -0.366 e. The van der Waals surface area contributed by atoms with Crippen molar-refractivity contribution in [2.75, 3.05) is 25.5 Å². The molecule has 7 nitrogen and oxygen atoms in total. The second-order valence-electron chi connectivity index (χ2n) is 9.26. The van der Waals surface area contributed by atoms with Crippen LogP contribution in [0, 0.1) is 5.92 Å². The smallest absolute Gasteiger partial charge is 0.248 e. The number of carbonyl (C=O) groups is 2. The lowest BCUT2D eigenvalue weighted by atomic mass is 9.86. The molecule has 2 fully saturated rings. The molecule has 1 unspecified atom stereocenters. The molecule has 2 aromatic rings. The van der Waals surface area contributed by atoms with Gasteiger partial charge in [-0.3, -0.25) is 9.59 Å². The van der Waals surface area contributed by atoms with Gasteiger partial charge >= 0.3 is 0 Å². The summed E-state index contributed by atoms with van der Waals surface area (Å²) in [7, 11) is 3.84. The average Bonchev–Trinajstić information content (AvgIpc) is 3.29. The first-order chi connectivity index (χ1) is 15.4. The molecule has 1 aliphatic carbocycles. The molecule has 0 radical (unpaired) electrons. The molecule has 2 heterocycles. The van der Waals surface area contributed by atoms with Crippen molar-refractivity contribution in [1.82, 2.24) is 14.9 Å². The molecule has 7 heteroatoms. The molecule has 1 aromatic carbocycles. The Balaban J connectivity index is 1.65. The maximum Gasteiger partial charge on any atom is 0.248 e. The zero-order valence-corrected chi connectivity index (χ0v) is 19.1. The molecule has 2 aliphatic rings. The van der Waals surface area contributed by atoms with Gasteiger partial charge in [0.1, 0.15) is 0 Å². The topological polar surface area (TPSA) is 92.4 Å². The fourth-order valence-electron chi connectivity index (χ4n) is 5.00. The van der Waals surface area contributed by atoms with Crippen LogP contribution in [0.4, 0.5) is 5.95 Å². The van der Waals surface area contributed by atoms with Crippen molar-refractivity contribution < 1.29 is 9.59 Å². The van der Waals surface area contributed by atoms with E-state index in [2.05, 4.69) is 4.98 Å². The quantitative estimate of drug-likeness (QED) is 0.742. The van der Waals surface area contributed by atoms with Crippen LogP contribution in [0.2, 0.25) is 0 Å². The van der Waals surface area contributed by atoms with E-state index in [-0.39, 0.29) is 11.9 Å². The van der Waals surface area contributed by atoms with E-state index >= 15 is 0 Å². The molecule has 1 aliphatic heterocycles. The van der Waals surface area contributed by atoms with E-state index in [4.69, 9.17) is 10.7 Å². The Morgan fingerprint density at radius 3 is 2.44 bits per heavy atom. The summed E-state index contributed by atoms with van der Waals surface area (Å²) < 4.78 is 0. The third-order valence-electron chi connectivity index (χ3n) is 6.76. The highest BCUT2D eigenvalue weighted by atomic mass is 16.2. The normalized spacial score (nSPS) is 19.2. The second-order valence-corrected chi connectivity index (χ2v) is 9.26. The van der Waals surface area contributed by atoms with Crippen LogP contribution in [-0.2, 0) is 4.79 Å². The van der Waals surface area contributed by atoms with E-state index in [1.165, 1.54) is 32.1 Å². The average molecular weight is 436 g/mol. The van der Waals surface area contributed by atoms with Gasteiger partial charge in [-0.2, -0.15) is 0 Å². The van der Waals surface area contributed by atoms with Crippen LogP contribution in [0.5, 0.6) is 0 Å². The van der Waals surface area contributed by atoms with E-state index in [1.54, 1.807) is 12.1 Å². The zero-order chi connectivity index (χ0) is 22.7. The Morgan fingerprint density at radius 2 is 1.78 bits per heavy atom. The minimum atomic E-state index is -0.453. The van der Waals surface area contributed by atoms with Crippen LogP contribution in [-0.4, -0.2) is 47.3 Å². The number of nitrogens with zero attached hydrogens (tertiary/aromatic N) is 4. The van der Waals surface area contributed by atoms with Gasteiger partial charge in [-0.1, -0.05) is 31.4 Å². The first-order valence-electron chi connectivity index (χ1n) is 11.7. The van der Waals surface area contributed by atoms with Crippen molar-refractivity contribution >= 4 is 17.8 Å². The summed E-state index contributed by atoms with van der Waals surface area (Å²) in [5.41, 5.74) is 8.56. The fraction of sp³-hybridized carbons (Fsp3) is 0.520. The van der Waals surface area contributed by atoms with Gasteiger partial charge in [0.25, 0.3) is 0 Å². The fourth-order valence-corrected chi connectivity index (χ4v) is 5.00. The van der Waals surface area contributed by atoms with Gasteiger partial charge in [-0.05, 0) is 49.3 Å². The first kappa shape index (κ1) is 22.2. The molecule has 0 bridgehead atoms. The van der Waals surface area contributed by atoms with Crippen molar-refractivity contribution in [3.8, 4) is 11.1 Å². The zero-order valence-electron chi connectivity index (χ0n) is 19.1. The van der Waals surface area contributed by atoms with Gasteiger partial charge in [-0.15, -0.1) is 0 Å². The summed E-state index contributed by atoms with van der Waals surface area (Å²) in [5, 5.41) is 0. The molecule has 1 saturated heterocycles. The summed E-state index contributed by atoms with van der Waals surface area (Å²) in [6.07, 6.45) is 10.5. The van der Waals surface area contributed by atoms with Crippen LogP contribution in [0.15, 0.2) is 30.5 Å². The summed E-state index contributed by atoms with van der Waals surface area (Å²) >= 11 is 0. The second kappa shape index (κ2) is 9.67. The van der Waals surface area contributed by atoms with Crippen LogP contribution in [0.25, 0.3) is 11.1 Å². The highest BCUT2D eigenvalue weighted by Crippen LogP contribution is 2.38. The molecule has 170 valence electrons. The number of hydrogen-bond donors (Lipinski definition) is 1. The van der Waals surface area contributed by atoms with E-state index in [0.29, 0.717) is 23.9 Å². The van der Waals surface area contributed by atoms with Gasteiger partial charge in [-0.25, -0.2) is 9.97 Å². The SMILES string of the molecule is CN(C)c1ncc(-c2ccc(C(N)=O)cc2)c(C2CCCN2C(=O)CC2CCCCC2)n1. The summed E-state index contributed by atoms with van der Waals surface area (Å²) in [4.78, 5) is 38.1. The number of anilines is 1. The van der Waals surface area contributed by atoms with Crippen LogP contribution >= 0.6 is 0 Å². The van der Waals surface area contributed by atoms with Gasteiger partial charge in [0.15, 0.2) is 0 Å². The molecule has 4 rings (SSSR count). The van der Waals surface area contributed by atoms with E-state index in [0.717, 1.165) is 36.2 Å². The number of primary amides is 1. The Bertz CT molecular complexity index is 967. The Hall–Kier alpha value is -2.96. The van der Waals surface area contributed by atoms with Gasteiger partial charge < -0.3 is 15.5 Å². The highest BCUT2D eigenvalue weighted by molar-refractivity contribution is 5.93. The van der Waals surface area contributed by atoms with E-state index in [1.807, 2.05) is 42.2 Å². The Labute approximate surface area is 190 Å². The number of aromatic nitrogens is 2. The maximum absolute atomic E-state index is 13.3. The largest absolute Gasteiger partial charge is 0.366 e. The van der Waals surface area contributed by atoms with Gasteiger partial charge in [0.2, 0.25) is 17.8 Å². The molecular weight excluding hydrogens is 402 g/mol. The van der Waals surface area contributed by atoms with E-state index in [9.17, 15) is 9.59 Å². The van der Waals surface area contributed by atoms with Crippen molar-refractivity contribution in [2.24, 2.45) is 11.7 Å². The Kier molecular flexibility index (Phi) is 6.72. The number of amides is 2.